The molecule has 0 bridgehead atoms. The van der Waals surface area contributed by atoms with Gasteiger partial charge in [0.2, 0.25) is 0 Å². The van der Waals surface area contributed by atoms with E-state index in [0.717, 1.165) is 6.08 Å². The van der Waals surface area contributed by atoms with Crippen LogP contribution >= 0.6 is 0 Å². The van der Waals surface area contributed by atoms with E-state index >= 15 is 0 Å². The fourth-order valence-electron chi connectivity index (χ4n) is 0.895. The fourth-order valence-corrected chi connectivity index (χ4v) is 0.895. The molecular weight excluding hydrogens is 122 g/mol. The summed E-state index contributed by atoms with van der Waals surface area (Å²) in [6, 6.07) is 0. The summed E-state index contributed by atoms with van der Waals surface area (Å²) >= 11 is 0. The molecule has 0 unspecified atom stereocenters. The van der Waals surface area contributed by atoms with E-state index in [4.69, 9.17) is 0 Å². The second kappa shape index (κ2) is 2.29. The Balaban J connectivity index is 2.74. The molecule has 0 saturated heterocycles. The lowest BCUT2D eigenvalue weighted by Crippen LogP contribution is -1.95. The highest BCUT2D eigenvalue weighted by atomic mass is 19.1. The molecule has 0 aromatic carbocycles. The van der Waals surface area contributed by atoms with Crippen LogP contribution in [0.15, 0.2) is 23.8 Å². The second-order valence-corrected chi connectivity index (χ2v) is 2.32. The van der Waals surface area contributed by atoms with Crippen LogP contribution in [0.25, 0.3) is 0 Å². The van der Waals surface area contributed by atoms with E-state index in [0.29, 0.717) is 6.42 Å². The molecule has 0 amide bonds. The van der Waals surface area contributed by atoms with Gasteiger partial charge in [0.1, 0.15) is 11.7 Å². The number of halogens is 2. The topological polar surface area (TPSA) is 0 Å². The Bertz CT molecular complexity index is 168. The molecule has 1 rings (SSSR count). The van der Waals surface area contributed by atoms with Gasteiger partial charge in [-0.2, -0.15) is 0 Å². The number of allylic oxidation sites excluding steroid dienone is 4. The molecule has 1 aliphatic rings. The molecule has 0 fully saturated rings. The van der Waals surface area contributed by atoms with Gasteiger partial charge in [-0.3, -0.25) is 0 Å². The van der Waals surface area contributed by atoms with Crippen LogP contribution in [-0.4, -0.2) is 0 Å². The molecule has 0 heterocycles. The Hall–Kier alpha value is -0.660. The summed E-state index contributed by atoms with van der Waals surface area (Å²) in [5, 5.41) is 0. The molecule has 0 saturated carbocycles. The van der Waals surface area contributed by atoms with Crippen LogP contribution in [0.4, 0.5) is 8.78 Å². The van der Waals surface area contributed by atoms with Gasteiger partial charge >= 0.3 is 0 Å². The van der Waals surface area contributed by atoms with Crippen molar-refractivity contribution in [3.05, 3.63) is 23.8 Å². The van der Waals surface area contributed by atoms with E-state index in [9.17, 15) is 8.78 Å². The van der Waals surface area contributed by atoms with Gasteiger partial charge in [-0.05, 0) is 12.0 Å². The first kappa shape index (κ1) is 6.46. The van der Waals surface area contributed by atoms with Gasteiger partial charge in [-0.1, -0.05) is 6.92 Å². The van der Waals surface area contributed by atoms with Crippen molar-refractivity contribution in [2.75, 3.05) is 0 Å². The smallest absolute Gasteiger partial charge is 0.122 e. The molecule has 1 aliphatic carbocycles. The van der Waals surface area contributed by atoms with E-state index < -0.39 is 5.83 Å². The van der Waals surface area contributed by atoms with Gasteiger partial charge in [-0.15, -0.1) is 0 Å². The fraction of sp³-hybridized carbons (Fsp3) is 0.429. The van der Waals surface area contributed by atoms with Crippen molar-refractivity contribution < 1.29 is 8.78 Å². The first-order valence-electron chi connectivity index (χ1n) is 2.92. The van der Waals surface area contributed by atoms with Crippen LogP contribution in [0.1, 0.15) is 13.3 Å². The number of hydrogen-bond donors (Lipinski definition) is 0. The molecule has 0 radical (unpaired) electrons. The highest BCUT2D eigenvalue weighted by Gasteiger charge is 2.09. The maximum atomic E-state index is 12.3. The third kappa shape index (κ3) is 1.63. The Kier molecular flexibility index (Phi) is 1.65. The number of rotatable bonds is 0. The van der Waals surface area contributed by atoms with E-state index in [-0.39, 0.29) is 11.7 Å². The largest absolute Gasteiger partial charge is 0.212 e. The van der Waals surface area contributed by atoms with Gasteiger partial charge in [0.15, 0.2) is 0 Å². The monoisotopic (exact) mass is 130 g/mol. The highest BCUT2D eigenvalue weighted by molar-refractivity contribution is 5.20. The van der Waals surface area contributed by atoms with Gasteiger partial charge < -0.3 is 0 Å². The van der Waals surface area contributed by atoms with Gasteiger partial charge in [0, 0.05) is 12.5 Å². The highest BCUT2D eigenvalue weighted by Crippen LogP contribution is 2.23. The third-order valence-corrected chi connectivity index (χ3v) is 1.26. The van der Waals surface area contributed by atoms with Crippen LogP contribution in [0.2, 0.25) is 0 Å². The predicted molar refractivity (Wildman–Crippen MR) is 32.2 cm³/mol. The van der Waals surface area contributed by atoms with E-state index in [1.54, 1.807) is 6.92 Å². The minimum absolute atomic E-state index is 0.00926. The van der Waals surface area contributed by atoms with Crippen molar-refractivity contribution in [1.82, 2.24) is 0 Å². The first-order valence-corrected chi connectivity index (χ1v) is 2.92. The Morgan fingerprint density at radius 3 is 2.67 bits per heavy atom. The molecule has 50 valence electrons. The van der Waals surface area contributed by atoms with E-state index in [1.807, 2.05) is 0 Å². The molecule has 0 aromatic rings. The summed E-state index contributed by atoms with van der Waals surface area (Å²) in [6.07, 6.45) is 2.69. The summed E-state index contributed by atoms with van der Waals surface area (Å²) in [6.45, 7) is 1.78. The third-order valence-electron chi connectivity index (χ3n) is 1.26. The average molecular weight is 130 g/mol. The standard InChI is InChI=1S/C7H8F2/c1-5-2-6(8)4-7(9)3-5/h2,4-5H,3H2,1H3/t5-/m0/s1. The zero-order chi connectivity index (χ0) is 6.85. The SMILES string of the molecule is C[C@H]1C=C(F)C=C(F)C1. The van der Waals surface area contributed by atoms with Crippen molar-refractivity contribution in [2.45, 2.75) is 13.3 Å². The molecule has 1 atom stereocenters. The Morgan fingerprint density at radius 2 is 2.22 bits per heavy atom. The maximum absolute atomic E-state index is 12.3. The summed E-state index contributed by atoms with van der Waals surface area (Å²) in [7, 11) is 0. The van der Waals surface area contributed by atoms with Gasteiger partial charge in [0.05, 0.1) is 0 Å². The molecule has 0 N–H and O–H groups in total. The quantitative estimate of drug-likeness (QED) is 0.473. The predicted octanol–water partition coefficient (Wildman–Crippen LogP) is 2.73. The number of hydrogen-bond acceptors (Lipinski definition) is 0. The molecule has 2 heteroatoms. The molecular formula is C7H8F2. The van der Waals surface area contributed by atoms with Crippen molar-refractivity contribution in [3.8, 4) is 0 Å². The summed E-state index contributed by atoms with van der Waals surface area (Å²) in [5.74, 6) is -0.802. The summed E-state index contributed by atoms with van der Waals surface area (Å²) in [4.78, 5) is 0. The molecule has 0 aromatic heterocycles. The Labute approximate surface area is 52.9 Å². The van der Waals surface area contributed by atoms with Crippen LogP contribution in [-0.2, 0) is 0 Å². The maximum Gasteiger partial charge on any atom is 0.122 e. The first-order chi connectivity index (χ1) is 4.18. The Morgan fingerprint density at radius 1 is 1.56 bits per heavy atom. The molecule has 0 aliphatic heterocycles. The van der Waals surface area contributed by atoms with Crippen LogP contribution in [0, 0.1) is 5.92 Å². The minimum atomic E-state index is -0.453. The van der Waals surface area contributed by atoms with Crippen LogP contribution in [0.3, 0.4) is 0 Å². The lowest BCUT2D eigenvalue weighted by molar-refractivity contribution is 0.508. The van der Waals surface area contributed by atoms with Gasteiger partial charge in [-0.25, -0.2) is 8.78 Å². The van der Waals surface area contributed by atoms with Crippen molar-refractivity contribution in [1.29, 1.82) is 0 Å². The van der Waals surface area contributed by atoms with Gasteiger partial charge in [0.25, 0.3) is 0 Å². The van der Waals surface area contributed by atoms with E-state index in [1.165, 1.54) is 6.08 Å². The normalized spacial score (nSPS) is 27.2. The zero-order valence-electron chi connectivity index (χ0n) is 5.20. The summed E-state index contributed by atoms with van der Waals surface area (Å²) in [5.41, 5.74) is 0. The summed E-state index contributed by atoms with van der Waals surface area (Å²) < 4.78 is 24.5. The van der Waals surface area contributed by atoms with Crippen LogP contribution < -0.4 is 0 Å². The lowest BCUT2D eigenvalue weighted by atomic mass is 10.0. The van der Waals surface area contributed by atoms with Crippen molar-refractivity contribution in [3.63, 3.8) is 0 Å². The van der Waals surface area contributed by atoms with Crippen molar-refractivity contribution >= 4 is 0 Å². The van der Waals surface area contributed by atoms with E-state index in [2.05, 4.69) is 0 Å². The molecule has 0 spiro atoms. The average Bonchev–Trinajstić information content (AvgIpc) is 1.59. The molecule has 0 nitrogen and oxygen atoms in total. The minimum Gasteiger partial charge on any atom is -0.212 e. The van der Waals surface area contributed by atoms with Crippen molar-refractivity contribution in [2.24, 2.45) is 5.92 Å². The second-order valence-electron chi connectivity index (χ2n) is 2.32. The zero-order valence-corrected chi connectivity index (χ0v) is 5.20. The molecule has 9 heavy (non-hydrogen) atoms. The lowest BCUT2D eigenvalue weighted by Gasteiger charge is -2.07. The van der Waals surface area contributed by atoms with Crippen LogP contribution in [0.5, 0.6) is 0 Å².